The van der Waals surface area contributed by atoms with E-state index in [1.54, 1.807) is 19.1 Å². The molecule has 0 amide bonds. The van der Waals surface area contributed by atoms with Gasteiger partial charge < -0.3 is 14.2 Å². The summed E-state index contributed by atoms with van der Waals surface area (Å²) in [6.07, 6.45) is -0.633. The van der Waals surface area contributed by atoms with Gasteiger partial charge in [-0.05, 0) is 36.8 Å². The summed E-state index contributed by atoms with van der Waals surface area (Å²) in [5.41, 5.74) is 1.11. The van der Waals surface area contributed by atoms with Crippen LogP contribution >= 0.6 is 0 Å². The van der Waals surface area contributed by atoms with E-state index in [4.69, 9.17) is 9.47 Å². The molecule has 0 heterocycles. The van der Waals surface area contributed by atoms with Crippen molar-refractivity contribution < 1.29 is 19.0 Å². The maximum absolute atomic E-state index is 11.3. The van der Waals surface area contributed by atoms with Crippen molar-refractivity contribution in [2.75, 3.05) is 7.11 Å². The molecule has 1 atom stereocenters. The molecular weight excluding hydrogens is 268 g/mol. The van der Waals surface area contributed by atoms with Crippen molar-refractivity contribution in [2.24, 2.45) is 0 Å². The highest BCUT2D eigenvalue weighted by molar-refractivity contribution is 5.74. The lowest BCUT2D eigenvalue weighted by atomic mass is 10.2. The van der Waals surface area contributed by atoms with Gasteiger partial charge in [-0.2, -0.15) is 0 Å². The van der Waals surface area contributed by atoms with Crippen LogP contribution < -0.4 is 9.47 Å². The molecule has 110 valence electrons. The molecule has 4 nitrogen and oxygen atoms in total. The Balaban J connectivity index is 1.88. The van der Waals surface area contributed by atoms with Gasteiger partial charge in [0.1, 0.15) is 18.1 Å². The van der Waals surface area contributed by atoms with Gasteiger partial charge in [-0.1, -0.05) is 30.3 Å². The van der Waals surface area contributed by atoms with Crippen molar-refractivity contribution in [1.82, 2.24) is 0 Å². The molecule has 2 aromatic carbocycles. The molecule has 0 saturated carbocycles. The van der Waals surface area contributed by atoms with E-state index in [0.717, 1.165) is 11.3 Å². The fraction of sp³-hybridized carbons (Fsp3) is 0.235. The molecule has 0 bridgehead atoms. The third-order valence-corrected chi connectivity index (χ3v) is 2.92. The minimum Gasteiger partial charge on any atom is -0.489 e. The number of rotatable bonds is 6. The number of hydrogen-bond donors (Lipinski definition) is 0. The van der Waals surface area contributed by atoms with Crippen molar-refractivity contribution >= 4 is 5.97 Å². The Morgan fingerprint density at radius 1 is 1.00 bits per heavy atom. The van der Waals surface area contributed by atoms with Crippen LogP contribution in [-0.4, -0.2) is 19.2 Å². The van der Waals surface area contributed by atoms with Crippen molar-refractivity contribution in [3.63, 3.8) is 0 Å². The fourth-order valence-corrected chi connectivity index (χ4v) is 1.77. The van der Waals surface area contributed by atoms with E-state index in [1.165, 1.54) is 7.11 Å². The average Bonchev–Trinajstić information content (AvgIpc) is 2.54. The summed E-state index contributed by atoms with van der Waals surface area (Å²) < 4.78 is 15.7. The summed E-state index contributed by atoms with van der Waals surface area (Å²) in [4.78, 5) is 11.3. The van der Waals surface area contributed by atoms with Crippen LogP contribution in [0.2, 0.25) is 0 Å². The predicted octanol–water partition coefficient (Wildman–Crippen LogP) is 3.21. The van der Waals surface area contributed by atoms with Gasteiger partial charge in [-0.3, -0.25) is 0 Å². The monoisotopic (exact) mass is 286 g/mol. The molecule has 4 heteroatoms. The lowest BCUT2D eigenvalue weighted by Crippen LogP contribution is -2.24. The molecule has 2 aromatic rings. The molecular formula is C17H18O4. The van der Waals surface area contributed by atoms with E-state index in [1.807, 2.05) is 42.5 Å². The highest BCUT2D eigenvalue weighted by Gasteiger charge is 2.14. The second-order valence-electron chi connectivity index (χ2n) is 4.53. The zero-order chi connectivity index (χ0) is 15.1. The van der Waals surface area contributed by atoms with E-state index in [2.05, 4.69) is 4.74 Å². The first-order valence-corrected chi connectivity index (χ1v) is 6.70. The molecule has 0 aliphatic heterocycles. The smallest absolute Gasteiger partial charge is 0.346 e. The first-order valence-electron chi connectivity index (χ1n) is 6.70. The zero-order valence-electron chi connectivity index (χ0n) is 12.1. The van der Waals surface area contributed by atoms with E-state index in [9.17, 15) is 4.79 Å². The number of ether oxygens (including phenoxy) is 3. The van der Waals surface area contributed by atoms with Gasteiger partial charge in [0.25, 0.3) is 0 Å². The lowest BCUT2D eigenvalue weighted by Gasteiger charge is -2.13. The summed E-state index contributed by atoms with van der Waals surface area (Å²) in [7, 11) is 1.34. The van der Waals surface area contributed by atoms with E-state index in [-0.39, 0.29) is 0 Å². The fourth-order valence-electron chi connectivity index (χ4n) is 1.77. The predicted molar refractivity (Wildman–Crippen MR) is 79.3 cm³/mol. The number of carbonyl (C=O) groups excluding carboxylic acids is 1. The van der Waals surface area contributed by atoms with Crippen LogP contribution in [0.15, 0.2) is 54.6 Å². The molecule has 0 fully saturated rings. The third-order valence-electron chi connectivity index (χ3n) is 2.92. The van der Waals surface area contributed by atoms with Crippen molar-refractivity contribution in [3.05, 3.63) is 60.2 Å². The van der Waals surface area contributed by atoms with Crippen LogP contribution in [0, 0.1) is 0 Å². The Labute approximate surface area is 124 Å². The van der Waals surface area contributed by atoms with Gasteiger partial charge in [0.15, 0.2) is 6.10 Å². The number of esters is 1. The van der Waals surface area contributed by atoms with E-state index >= 15 is 0 Å². The molecule has 21 heavy (non-hydrogen) atoms. The van der Waals surface area contributed by atoms with Crippen LogP contribution in [0.25, 0.3) is 0 Å². The normalized spacial score (nSPS) is 11.5. The quantitative estimate of drug-likeness (QED) is 0.765. The van der Waals surface area contributed by atoms with Gasteiger partial charge in [-0.15, -0.1) is 0 Å². The Kier molecular flexibility index (Phi) is 5.21. The molecule has 0 unspecified atom stereocenters. The Bertz CT molecular complexity index is 563. The second-order valence-corrected chi connectivity index (χ2v) is 4.53. The van der Waals surface area contributed by atoms with Crippen LogP contribution in [0.1, 0.15) is 12.5 Å². The Morgan fingerprint density at radius 3 is 2.24 bits per heavy atom. The first kappa shape index (κ1) is 14.9. The van der Waals surface area contributed by atoms with Gasteiger partial charge in [0.05, 0.1) is 7.11 Å². The second kappa shape index (κ2) is 7.33. The highest BCUT2D eigenvalue weighted by Crippen LogP contribution is 2.19. The topological polar surface area (TPSA) is 44.8 Å². The number of carbonyl (C=O) groups is 1. The van der Waals surface area contributed by atoms with Gasteiger partial charge in [-0.25, -0.2) is 4.79 Å². The molecule has 0 radical (unpaired) electrons. The maximum Gasteiger partial charge on any atom is 0.346 e. The van der Waals surface area contributed by atoms with Crippen LogP contribution in [0.4, 0.5) is 0 Å². The zero-order valence-corrected chi connectivity index (χ0v) is 12.1. The van der Waals surface area contributed by atoms with Gasteiger partial charge in [0.2, 0.25) is 0 Å². The average molecular weight is 286 g/mol. The number of hydrogen-bond acceptors (Lipinski definition) is 4. The Morgan fingerprint density at radius 2 is 1.62 bits per heavy atom. The molecule has 0 spiro atoms. The molecule has 0 aliphatic rings. The summed E-state index contributed by atoms with van der Waals surface area (Å²) in [5, 5.41) is 0. The van der Waals surface area contributed by atoms with Crippen molar-refractivity contribution in [2.45, 2.75) is 19.6 Å². The first-order chi connectivity index (χ1) is 10.2. The van der Waals surface area contributed by atoms with Crippen molar-refractivity contribution in [1.29, 1.82) is 0 Å². The minimum absolute atomic E-state index is 0.403. The molecule has 0 saturated heterocycles. The van der Waals surface area contributed by atoms with Crippen molar-refractivity contribution in [3.8, 4) is 11.5 Å². The van der Waals surface area contributed by atoms with Gasteiger partial charge >= 0.3 is 5.97 Å². The molecule has 0 aromatic heterocycles. The SMILES string of the molecule is COC(=O)[C@H](C)Oc1ccc(OCc2ccccc2)cc1. The highest BCUT2D eigenvalue weighted by atomic mass is 16.6. The van der Waals surface area contributed by atoms with Gasteiger partial charge in [0, 0.05) is 0 Å². The molecule has 0 aliphatic carbocycles. The van der Waals surface area contributed by atoms with E-state index in [0.29, 0.717) is 12.4 Å². The number of methoxy groups -OCH3 is 1. The summed E-state index contributed by atoms with van der Waals surface area (Å²) in [6.45, 7) is 2.16. The number of benzene rings is 2. The molecule has 0 N–H and O–H groups in total. The minimum atomic E-state index is -0.633. The van der Waals surface area contributed by atoms with Crippen LogP contribution in [-0.2, 0) is 16.1 Å². The van der Waals surface area contributed by atoms with E-state index < -0.39 is 12.1 Å². The van der Waals surface area contributed by atoms with Crippen LogP contribution in [0.5, 0.6) is 11.5 Å². The standard InChI is InChI=1S/C17H18O4/c1-13(17(18)19-2)21-16-10-8-15(9-11-16)20-12-14-6-4-3-5-7-14/h3-11,13H,12H2,1-2H3/t13-/m0/s1. The summed E-state index contributed by atoms with van der Waals surface area (Å²) in [5.74, 6) is 0.941. The van der Waals surface area contributed by atoms with Crippen LogP contribution in [0.3, 0.4) is 0 Å². The lowest BCUT2D eigenvalue weighted by molar-refractivity contribution is -0.147. The largest absolute Gasteiger partial charge is 0.489 e. The summed E-state index contributed by atoms with van der Waals surface area (Å²) >= 11 is 0. The summed E-state index contributed by atoms with van der Waals surface area (Å²) in [6, 6.07) is 17.1. The Hall–Kier alpha value is -2.49. The maximum atomic E-state index is 11.3. The third kappa shape index (κ3) is 4.53. The molecule has 2 rings (SSSR count).